The maximum Gasteiger partial charge on any atom is 0.408 e. The number of ether oxygens (including phenoxy) is 4. The van der Waals surface area contributed by atoms with Crippen LogP contribution in [-0.2, 0) is 32.0 Å². The molecule has 0 unspecified atom stereocenters. The molecule has 51 heavy (non-hydrogen) atoms. The molecule has 0 atom stereocenters. The van der Waals surface area contributed by atoms with Gasteiger partial charge in [0, 0.05) is 24.2 Å². The number of nitrogens with one attached hydrogen (secondary N) is 2. The van der Waals surface area contributed by atoms with Gasteiger partial charge in [0.05, 0.1) is 5.56 Å². The molecule has 0 aliphatic heterocycles. The standard InChI is InChI=1S/C35H36N2O6.C5H11NO2/c1-25-10-14-27(15-11-25)23-36-33(39)41-18-6-8-29-20-30(22-31(21-29)32(38)43-35(3,4)5)9-7-19-42-34(40)37-24-28-16-12-26(2)13-17-28;1-5(2,3)8-4(6)7/h10-17,20-22H,18-19,23-24H2,1-5H3,(H,36,39)(H,37,40);1-3H3,(H2,6,7). The lowest BCUT2D eigenvalue weighted by Crippen LogP contribution is -2.27. The van der Waals surface area contributed by atoms with Crippen LogP contribution in [0.25, 0.3) is 0 Å². The molecule has 0 radical (unpaired) electrons. The zero-order valence-electron chi connectivity index (χ0n) is 30.5. The van der Waals surface area contributed by atoms with Crippen molar-refractivity contribution >= 4 is 24.2 Å². The van der Waals surface area contributed by atoms with Crippen LogP contribution in [0.5, 0.6) is 0 Å². The third-order valence-electron chi connectivity index (χ3n) is 6.11. The number of amides is 3. The summed E-state index contributed by atoms with van der Waals surface area (Å²) in [4.78, 5) is 46.8. The number of hydrogen-bond donors (Lipinski definition) is 3. The summed E-state index contributed by atoms with van der Waals surface area (Å²) in [6.07, 6.45) is -1.91. The minimum absolute atomic E-state index is 0.150. The van der Waals surface area contributed by atoms with Gasteiger partial charge >= 0.3 is 24.2 Å². The molecule has 0 saturated carbocycles. The summed E-state index contributed by atoms with van der Waals surface area (Å²) in [7, 11) is 0. The zero-order valence-corrected chi connectivity index (χ0v) is 30.5. The van der Waals surface area contributed by atoms with E-state index in [2.05, 4.69) is 39.1 Å². The van der Waals surface area contributed by atoms with Gasteiger partial charge in [0.2, 0.25) is 0 Å². The third kappa shape index (κ3) is 19.0. The van der Waals surface area contributed by atoms with E-state index >= 15 is 0 Å². The van der Waals surface area contributed by atoms with E-state index in [9.17, 15) is 19.2 Å². The van der Waals surface area contributed by atoms with Crippen LogP contribution in [0, 0.1) is 37.5 Å². The number of carbonyl (C=O) groups excluding carboxylic acids is 4. The van der Waals surface area contributed by atoms with Gasteiger partial charge in [0.15, 0.2) is 13.2 Å². The zero-order chi connectivity index (χ0) is 38.0. The molecule has 4 N–H and O–H groups in total. The van der Waals surface area contributed by atoms with Gasteiger partial charge in [0.25, 0.3) is 0 Å². The lowest BCUT2D eigenvalue weighted by molar-refractivity contribution is 0.00689. The molecule has 0 aliphatic rings. The molecule has 3 rings (SSSR count). The van der Waals surface area contributed by atoms with E-state index in [0.717, 1.165) is 22.3 Å². The van der Waals surface area contributed by atoms with Gasteiger partial charge in [-0.05, 0) is 84.7 Å². The monoisotopic (exact) mass is 697 g/mol. The van der Waals surface area contributed by atoms with Gasteiger partial charge in [0.1, 0.15) is 11.2 Å². The molecule has 0 fully saturated rings. The Bertz CT molecular complexity index is 1660. The molecule has 3 aromatic rings. The van der Waals surface area contributed by atoms with E-state index in [-0.39, 0.29) is 18.8 Å². The number of aryl methyl sites for hydroxylation is 2. The predicted octanol–water partition coefficient (Wildman–Crippen LogP) is 6.69. The molecule has 0 saturated heterocycles. The highest BCUT2D eigenvalue weighted by molar-refractivity contribution is 5.90. The number of nitrogens with two attached hydrogens (primary N) is 1. The Kier molecular flexibility index (Phi) is 16.1. The van der Waals surface area contributed by atoms with Crippen molar-refractivity contribution in [2.24, 2.45) is 5.73 Å². The maximum absolute atomic E-state index is 12.7. The van der Waals surface area contributed by atoms with Crippen LogP contribution < -0.4 is 16.4 Å². The van der Waals surface area contributed by atoms with Crippen LogP contribution in [0.4, 0.5) is 14.4 Å². The highest BCUT2D eigenvalue weighted by Crippen LogP contribution is 2.15. The van der Waals surface area contributed by atoms with Crippen LogP contribution in [0.3, 0.4) is 0 Å². The summed E-state index contributed by atoms with van der Waals surface area (Å²) in [5, 5.41) is 5.36. The number of benzene rings is 3. The van der Waals surface area contributed by atoms with E-state index in [4.69, 9.17) is 19.9 Å². The van der Waals surface area contributed by atoms with Crippen LogP contribution in [-0.4, -0.2) is 48.7 Å². The van der Waals surface area contributed by atoms with Crippen LogP contribution in [0.15, 0.2) is 66.7 Å². The van der Waals surface area contributed by atoms with Gasteiger partial charge in [-0.25, -0.2) is 19.2 Å². The van der Waals surface area contributed by atoms with Crippen LogP contribution in [0.1, 0.15) is 85.3 Å². The summed E-state index contributed by atoms with van der Waals surface area (Å²) in [6, 6.07) is 20.4. The smallest absolute Gasteiger partial charge is 0.408 e. The molecule has 11 heteroatoms. The van der Waals surface area contributed by atoms with Crippen molar-refractivity contribution in [1.82, 2.24) is 10.6 Å². The Morgan fingerprint density at radius 3 is 1.35 bits per heavy atom. The minimum Gasteiger partial charge on any atom is -0.456 e. The fraction of sp³-hybridized carbons (Fsp3) is 0.350. The number of primary amides is 1. The molecule has 3 aromatic carbocycles. The average molecular weight is 698 g/mol. The number of alkyl carbamates (subject to hydrolysis) is 2. The lowest BCUT2D eigenvalue weighted by atomic mass is 10.1. The first-order chi connectivity index (χ1) is 23.9. The van der Waals surface area contributed by atoms with Crippen molar-refractivity contribution in [2.75, 3.05) is 13.2 Å². The van der Waals surface area contributed by atoms with Crippen molar-refractivity contribution < 1.29 is 38.1 Å². The van der Waals surface area contributed by atoms with Crippen LogP contribution >= 0.6 is 0 Å². The quantitative estimate of drug-likeness (QED) is 0.140. The van der Waals surface area contributed by atoms with Gasteiger partial charge in [-0.15, -0.1) is 0 Å². The van der Waals surface area contributed by atoms with Gasteiger partial charge in [-0.1, -0.05) is 83.3 Å². The van der Waals surface area contributed by atoms with E-state index in [1.54, 1.807) is 59.7 Å². The summed E-state index contributed by atoms with van der Waals surface area (Å²) in [5.74, 6) is 10.8. The van der Waals surface area contributed by atoms with E-state index in [1.807, 2.05) is 62.4 Å². The predicted molar refractivity (Wildman–Crippen MR) is 195 cm³/mol. The lowest BCUT2D eigenvalue weighted by Gasteiger charge is -2.19. The summed E-state index contributed by atoms with van der Waals surface area (Å²) in [5.41, 5.74) is 8.98. The fourth-order valence-corrected chi connectivity index (χ4v) is 3.87. The second-order valence-corrected chi connectivity index (χ2v) is 13.3. The van der Waals surface area contributed by atoms with Crippen molar-refractivity contribution in [3.8, 4) is 23.7 Å². The Hall–Kier alpha value is -5.94. The topological polar surface area (TPSA) is 155 Å². The molecular weight excluding hydrogens is 650 g/mol. The first kappa shape index (κ1) is 41.2. The summed E-state index contributed by atoms with van der Waals surface area (Å²) in [6.45, 7) is 15.0. The van der Waals surface area contributed by atoms with Crippen LogP contribution in [0.2, 0.25) is 0 Å². The molecule has 0 aliphatic carbocycles. The molecule has 0 heterocycles. The van der Waals surface area contributed by atoms with E-state index < -0.39 is 35.5 Å². The Labute approximate surface area is 300 Å². The molecule has 0 bridgehead atoms. The second-order valence-electron chi connectivity index (χ2n) is 13.3. The number of hydrogen-bond acceptors (Lipinski definition) is 8. The third-order valence-corrected chi connectivity index (χ3v) is 6.11. The van der Waals surface area contributed by atoms with E-state index in [0.29, 0.717) is 24.2 Å². The van der Waals surface area contributed by atoms with Gasteiger partial charge in [-0.3, -0.25) is 0 Å². The van der Waals surface area contributed by atoms with E-state index in [1.165, 1.54) is 0 Å². The number of rotatable bonds is 7. The molecule has 3 amide bonds. The first-order valence-electron chi connectivity index (χ1n) is 16.2. The fourth-order valence-electron chi connectivity index (χ4n) is 3.87. The van der Waals surface area contributed by atoms with Crippen molar-refractivity contribution in [2.45, 2.75) is 79.7 Å². The van der Waals surface area contributed by atoms with Crippen molar-refractivity contribution in [1.29, 1.82) is 0 Å². The van der Waals surface area contributed by atoms with Crippen molar-refractivity contribution in [3.05, 3.63) is 106 Å². The SMILES string of the molecule is CC(C)(C)OC(N)=O.Cc1ccc(CNC(=O)OCC#Cc2cc(C#CCOC(=O)NCc3ccc(C)cc3)cc(C(=O)OC(C)(C)C)c2)cc1. The maximum atomic E-state index is 12.7. The largest absolute Gasteiger partial charge is 0.456 e. The Morgan fingerprint density at radius 1 is 0.627 bits per heavy atom. The Morgan fingerprint density at radius 2 is 1.02 bits per heavy atom. The molecule has 270 valence electrons. The summed E-state index contributed by atoms with van der Waals surface area (Å²) < 4.78 is 20.4. The minimum atomic E-state index is -0.725. The highest BCUT2D eigenvalue weighted by Gasteiger charge is 2.18. The average Bonchev–Trinajstić information content (AvgIpc) is 3.03. The first-order valence-corrected chi connectivity index (χ1v) is 16.2. The molecular formula is C40H47N3O8. The van der Waals surface area contributed by atoms with Crippen molar-refractivity contribution in [3.63, 3.8) is 0 Å². The highest BCUT2D eigenvalue weighted by atomic mass is 16.6. The molecule has 11 nitrogen and oxygen atoms in total. The normalized spacial score (nSPS) is 10.4. The van der Waals surface area contributed by atoms with Gasteiger partial charge < -0.3 is 35.3 Å². The Balaban J connectivity index is 0.00000100. The summed E-state index contributed by atoms with van der Waals surface area (Å²) >= 11 is 0. The van der Waals surface area contributed by atoms with Gasteiger partial charge in [-0.2, -0.15) is 0 Å². The second kappa shape index (κ2) is 19.9. The molecule has 0 spiro atoms. The molecule has 0 aromatic heterocycles. The number of esters is 1. The number of carbonyl (C=O) groups is 4.